The average Bonchev–Trinajstić information content (AvgIpc) is 3.47. The van der Waals surface area contributed by atoms with E-state index in [9.17, 15) is 4.79 Å². The van der Waals surface area contributed by atoms with Crippen LogP contribution in [-0.4, -0.2) is 55.5 Å². The van der Waals surface area contributed by atoms with Gasteiger partial charge < -0.3 is 16.0 Å². The van der Waals surface area contributed by atoms with Crippen LogP contribution in [0.3, 0.4) is 0 Å². The quantitative estimate of drug-likeness (QED) is 0.251. The molecule has 1 aliphatic rings. The standard InChI is InChI=1S/C20H32ClN5O.HI/c1-4-22-20(24-14-19(27)25-15-11-12-15)23-13-18(26(5-2)6-3)16-9-7-8-10-17(16)21;/h7-10,15,18H,4-6,11-14H2,1-3H3,(H,25,27)(H2,22,23,24);1H. The van der Waals surface area contributed by atoms with Gasteiger partial charge in [0.2, 0.25) is 5.91 Å². The maximum atomic E-state index is 11.9. The van der Waals surface area contributed by atoms with Crippen LogP contribution < -0.4 is 16.0 Å². The molecule has 1 aromatic carbocycles. The molecule has 2 rings (SSSR count). The molecule has 8 heteroatoms. The van der Waals surface area contributed by atoms with E-state index in [1.54, 1.807) is 0 Å². The van der Waals surface area contributed by atoms with E-state index in [2.05, 4.69) is 45.8 Å². The van der Waals surface area contributed by atoms with Gasteiger partial charge in [0.05, 0.1) is 6.04 Å². The Bertz CT molecular complexity index is 635. The highest BCUT2D eigenvalue weighted by atomic mass is 127. The van der Waals surface area contributed by atoms with Crippen LogP contribution in [0.5, 0.6) is 0 Å². The number of benzene rings is 1. The molecule has 1 unspecified atom stereocenters. The molecule has 158 valence electrons. The van der Waals surface area contributed by atoms with Crippen molar-refractivity contribution in [3.8, 4) is 0 Å². The first-order valence-corrected chi connectivity index (χ1v) is 10.3. The van der Waals surface area contributed by atoms with Crippen LogP contribution in [-0.2, 0) is 4.79 Å². The summed E-state index contributed by atoms with van der Waals surface area (Å²) in [6, 6.07) is 8.44. The normalized spacial score (nSPS) is 15.0. The van der Waals surface area contributed by atoms with Crippen molar-refractivity contribution in [3.63, 3.8) is 0 Å². The van der Waals surface area contributed by atoms with Gasteiger partial charge in [-0.1, -0.05) is 43.6 Å². The maximum Gasteiger partial charge on any atom is 0.242 e. The maximum absolute atomic E-state index is 11.9. The molecule has 0 saturated heterocycles. The highest BCUT2D eigenvalue weighted by Crippen LogP contribution is 2.26. The van der Waals surface area contributed by atoms with Gasteiger partial charge in [0.25, 0.3) is 0 Å². The van der Waals surface area contributed by atoms with Crippen molar-refractivity contribution in [1.29, 1.82) is 0 Å². The number of nitrogens with zero attached hydrogens (tertiary/aromatic N) is 2. The number of amides is 1. The molecule has 6 nitrogen and oxygen atoms in total. The largest absolute Gasteiger partial charge is 0.357 e. The Labute approximate surface area is 190 Å². The number of hydrogen-bond acceptors (Lipinski definition) is 3. The molecule has 1 fully saturated rings. The van der Waals surface area contributed by atoms with Crippen LogP contribution in [0.2, 0.25) is 5.02 Å². The van der Waals surface area contributed by atoms with Crippen LogP contribution in [0.4, 0.5) is 0 Å². The molecule has 0 aliphatic heterocycles. The van der Waals surface area contributed by atoms with E-state index in [0.29, 0.717) is 18.5 Å². The predicted octanol–water partition coefficient (Wildman–Crippen LogP) is 3.17. The summed E-state index contributed by atoms with van der Waals surface area (Å²) in [5.74, 6) is 0.619. The van der Waals surface area contributed by atoms with E-state index in [0.717, 1.165) is 43.1 Å². The fourth-order valence-corrected chi connectivity index (χ4v) is 3.29. The first kappa shape index (κ1) is 25.0. The summed E-state index contributed by atoms with van der Waals surface area (Å²) >= 11 is 6.46. The highest BCUT2D eigenvalue weighted by molar-refractivity contribution is 14.0. The Morgan fingerprint density at radius 1 is 1.21 bits per heavy atom. The number of carbonyl (C=O) groups excluding carboxylic acids is 1. The Morgan fingerprint density at radius 2 is 1.89 bits per heavy atom. The van der Waals surface area contributed by atoms with Crippen molar-refractivity contribution in [2.45, 2.75) is 45.7 Å². The zero-order chi connectivity index (χ0) is 19.6. The lowest BCUT2D eigenvalue weighted by molar-refractivity contribution is -0.119. The van der Waals surface area contributed by atoms with Crippen LogP contribution in [0.25, 0.3) is 0 Å². The lowest BCUT2D eigenvalue weighted by Gasteiger charge is -2.31. The van der Waals surface area contributed by atoms with Gasteiger partial charge in [-0.3, -0.25) is 9.69 Å². The Hall–Kier alpha value is -1.06. The summed E-state index contributed by atoms with van der Waals surface area (Å²) in [4.78, 5) is 18.7. The van der Waals surface area contributed by atoms with Crippen LogP contribution in [0.1, 0.15) is 45.2 Å². The molecule has 0 bridgehead atoms. The molecule has 1 aliphatic carbocycles. The lowest BCUT2D eigenvalue weighted by atomic mass is 10.0. The number of halogens is 2. The van der Waals surface area contributed by atoms with Crippen LogP contribution in [0, 0.1) is 0 Å². The number of guanidine groups is 1. The second kappa shape index (κ2) is 13.2. The number of hydrogen-bond donors (Lipinski definition) is 3. The Balaban J connectivity index is 0.00000392. The van der Waals surface area contributed by atoms with E-state index in [4.69, 9.17) is 11.6 Å². The Kier molecular flexibility index (Phi) is 11.8. The van der Waals surface area contributed by atoms with Gasteiger partial charge in [-0.2, -0.15) is 0 Å². The minimum absolute atomic E-state index is 0. The fourth-order valence-electron chi connectivity index (χ4n) is 3.03. The average molecular weight is 522 g/mol. The molecule has 1 atom stereocenters. The highest BCUT2D eigenvalue weighted by Gasteiger charge is 2.23. The number of likely N-dealkylation sites (N-methyl/N-ethyl adjacent to an activating group) is 1. The molecular weight excluding hydrogens is 489 g/mol. The smallest absolute Gasteiger partial charge is 0.242 e. The summed E-state index contributed by atoms with van der Waals surface area (Å²) in [7, 11) is 0. The summed E-state index contributed by atoms with van der Waals surface area (Å²) in [5.41, 5.74) is 1.10. The monoisotopic (exact) mass is 521 g/mol. The van der Waals surface area contributed by atoms with Crippen molar-refractivity contribution in [2.75, 3.05) is 32.7 Å². The minimum Gasteiger partial charge on any atom is -0.357 e. The zero-order valence-corrected chi connectivity index (χ0v) is 20.1. The summed E-state index contributed by atoms with van der Waals surface area (Å²) < 4.78 is 0. The van der Waals surface area contributed by atoms with Gasteiger partial charge in [-0.05, 0) is 44.5 Å². The number of aliphatic imine (C=N–C) groups is 1. The van der Waals surface area contributed by atoms with Crippen LogP contribution in [0.15, 0.2) is 29.3 Å². The van der Waals surface area contributed by atoms with E-state index < -0.39 is 0 Å². The molecule has 3 N–H and O–H groups in total. The first-order chi connectivity index (χ1) is 13.1. The number of rotatable bonds is 10. The summed E-state index contributed by atoms with van der Waals surface area (Å²) in [5, 5.41) is 10.3. The SMILES string of the molecule is CCNC(=NCC(=O)NC1CC1)NCC(c1ccccc1Cl)N(CC)CC.I. The molecule has 28 heavy (non-hydrogen) atoms. The molecule has 0 aromatic heterocycles. The van der Waals surface area contributed by atoms with Crippen molar-refractivity contribution >= 4 is 47.4 Å². The van der Waals surface area contributed by atoms with Gasteiger partial charge in [-0.15, -0.1) is 24.0 Å². The molecule has 0 radical (unpaired) electrons. The number of carbonyl (C=O) groups is 1. The van der Waals surface area contributed by atoms with E-state index in [1.165, 1.54) is 0 Å². The third kappa shape index (κ3) is 8.13. The molecule has 1 amide bonds. The van der Waals surface area contributed by atoms with E-state index >= 15 is 0 Å². The van der Waals surface area contributed by atoms with Crippen LogP contribution >= 0.6 is 35.6 Å². The lowest BCUT2D eigenvalue weighted by Crippen LogP contribution is -2.44. The fraction of sp³-hybridized carbons (Fsp3) is 0.600. The first-order valence-electron chi connectivity index (χ1n) is 9.89. The number of nitrogens with one attached hydrogen (secondary N) is 3. The van der Waals surface area contributed by atoms with E-state index in [1.807, 2.05) is 25.1 Å². The van der Waals surface area contributed by atoms with Gasteiger partial charge in [0, 0.05) is 24.2 Å². The molecule has 0 spiro atoms. The van der Waals surface area contributed by atoms with Gasteiger partial charge >= 0.3 is 0 Å². The van der Waals surface area contributed by atoms with Gasteiger partial charge in [-0.25, -0.2) is 4.99 Å². The molecule has 0 heterocycles. The minimum atomic E-state index is -0.0268. The summed E-state index contributed by atoms with van der Waals surface area (Å²) in [6.45, 7) is 9.67. The van der Waals surface area contributed by atoms with Gasteiger partial charge in [0.1, 0.15) is 6.54 Å². The van der Waals surface area contributed by atoms with Crippen molar-refractivity contribution in [1.82, 2.24) is 20.9 Å². The third-order valence-electron chi connectivity index (χ3n) is 4.65. The second-order valence-electron chi connectivity index (χ2n) is 6.68. The van der Waals surface area contributed by atoms with Gasteiger partial charge in [0.15, 0.2) is 5.96 Å². The molecular formula is C20H33ClIN5O. The van der Waals surface area contributed by atoms with Crippen molar-refractivity contribution in [2.24, 2.45) is 4.99 Å². The van der Waals surface area contributed by atoms with Crippen molar-refractivity contribution < 1.29 is 4.79 Å². The van der Waals surface area contributed by atoms with Crippen molar-refractivity contribution in [3.05, 3.63) is 34.9 Å². The predicted molar refractivity (Wildman–Crippen MR) is 128 cm³/mol. The Morgan fingerprint density at radius 3 is 2.46 bits per heavy atom. The molecule has 1 aromatic rings. The second-order valence-corrected chi connectivity index (χ2v) is 7.08. The third-order valence-corrected chi connectivity index (χ3v) is 4.99. The van der Waals surface area contributed by atoms with E-state index in [-0.39, 0.29) is 42.5 Å². The summed E-state index contributed by atoms with van der Waals surface area (Å²) in [6.07, 6.45) is 2.16. The molecule has 1 saturated carbocycles. The topological polar surface area (TPSA) is 68.8 Å². The zero-order valence-electron chi connectivity index (χ0n) is 17.0.